The molecule has 3 nitrogen and oxygen atoms in total. The van der Waals surface area contributed by atoms with E-state index < -0.39 is 12.0 Å². The minimum Gasteiger partial charge on any atom is -0.298 e. The van der Waals surface area contributed by atoms with E-state index in [0.717, 1.165) is 6.20 Å². The molecule has 0 aliphatic rings. The van der Waals surface area contributed by atoms with Gasteiger partial charge in [-0.05, 0) is 6.92 Å². The van der Waals surface area contributed by atoms with Gasteiger partial charge in [-0.2, -0.15) is 5.26 Å². The maximum atomic E-state index is 12.5. The van der Waals surface area contributed by atoms with Crippen molar-refractivity contribution in [3.63, 3.8) is 0 Å². The summed E-state index contributed by atoms with van der Waals surface area (Å²) >= 11 is 0. The Hall–Kier alpha value is -1.83. The second-order valence-electron chi connectivity index (χ2n) is 2.62. The fourth-order valence-corrected chi connectivity index (χ4v) is 1.11. The van der Waals surface area contributed by atoms with Gasteiger partial charge in [0.2, 0.25) is 0 Å². The molecule has 0 aromatic carbocycles. The molecule has 1 rings (SSSR count). The fraction of sp³-hybridized carbons (Fsp3) is 0.222. The number of aldehydes is 1. The van der Waals surface area contributed by atoms with E-state index in [1.54, 1.807) is 6.07 Å². The van der Waals surface area contributed by atoms with Crippen LogP contribution in [-0.2, 0) is 0 Å². The first-order chi connectivity index (χ1) is 6.61. The van der Waals surface area contributed by atoms with Gasteiger partial charge in [0.05, 0.1) is 11.3 Å². The zero-order valence-electron chi connectivity index (χ0n) is 7.29. The Morgan fingerprint density at radius 3 is 2.71 bits per heavy atom. The van der Waals surface area contributed by atoms with Crippen molar-refractivity contribution in [2.24, 2.45) is 0 Å². The number of carbonyl (C=O) groups excluding carboxylic acids is 1. The van der Waals surface area contributed by atoms with Crippen LogP contribution in [-0.4, -0.2) is 11.3 Å². The Morgan fingerprint density at radius 1 is 1.64 bits per heavy atom. The number of nitrogens with zero attached hydrogens (tertiary/aromatic N) is 2. The summed E-state index contributed by atoms with van der Waals surface area (Å²) in [4.78, 5) is 14.1. The van der Waals surface area contributed by atoms with Gasteiger partial charge in [-0.15, -0.1) is 0 Å². The van der Waals surface area contributed by atoms with Crippen molar-refractivity contribution in [3.8, 4) is 6.07 Å². The van der Waals surface area contributed by atoms with Crippen molar-refractivity contribution in [3.05, 3.63) is 28.6 Å². The first kappa shape index (κ1) is 10.3. The lowest BCUT2D eigenvalue weighted by atomic mass is 10.0. The van der Waals surface area contributed by atoms with Crippen molar-refractivity contribution < 1.29 is 13.6 Å². The third-order valence-electron chi connectivity index (χ3n) is 1.80. The van der Waals surface area contributed by atoms with Gasteiger partial charge in [0, 0.05) is 17.3 Å². The van der Waals surface area contributed by atoms with Crippen LogP contribution in [0.25, 0.3) is 0 Å². The van der Waals surface area contributed by atoms with E-state index in [2.05, 4.69) is 4.98 Å². The molecular formula is C9H6F2N2O. The molecule has 0 spiro atoms. The molecule has 0 saturated carbocycles. The first-order valence-corrected chi connectivity index (χ1v) is 3.74. The first-order valence-electron chi connectivity index (χ1n) is 3.74. The molecule has 5 heteroatoms. The second kappa shape index (κ2) is 3.92. The molecule has 0 saturated heterocycles. The lowest BCUT2D eigenvalue weighted by Crippen LogP contribution is -2.02. The van der Waals surface area contributed by atoms with Crippen LogP contribution < -0.4 is 0 Å². The Morgan fingerprint density at radius 2 is 2.29 bits per heavy atom. The van der Waals surface area contributed by atoms with Crippen LogP contribution in [0.3, 0.4) is 0 Å². The molecule has 14 heavy (non-hydrogen) atoms. The highest BCUT2D eigenvalue weighted by Gasteiger charge is 2.19. The summed E-state index contributed by atoms with van der Waals surface area (Å²) < 4.78 is 25.0. The number of halogens is 2. The summed E-state index contributed by atoms with van der Waals surface area (Å²) in [5.41, 5.74) is -0.782. The smallest absolute Gasteiger partial charge is 0.265 e. The Bertz CT molecular complexity index is 410. The molecule has 0 aliphatic heterocycles. The van der Waals surface area contributed by atoms with Crippen molar-refractivity contribution in [1.29, 1.82) is 5.26 Å². The van der Waals surface area contributed by atoms with Crippen LogP contribution in [0.15, 0.2) is 6.20 Å². The molecule has 0 bridgehead atoms. The number of alkyl halides is 2. The summed E-state index contributed by atoms with van der Waals surface area (Å²) in [6.45, 7) is 1.44. The molecule has 0 amide bonds. The number of rotatable bonds is 2. The van der Waals surface area contributed by atoms with Gasteiger partial charge in [-0.25, -0.2) is 8.78 Å². The summed E-state index contributed by atoms with van der Waals surface area (Å²) in [6, 6.07) is 1.62. The highest BCUT2D eigenvalue weighted by atomic mass is 19.3. The number of carbonyl (C=O) groups is 1. The molecule has 0 radical (unpaired) electrons. The molecule has 72 valence electrons. The zero-order valence-corrected chi connectivity index (χ0v) is 7.29. The van der Waals surface area contributed by atoms with Crippen molar-refractivity contribution in [2.45, 2.75) is 13.3 Å². The SMILES string of the molecule is Cc1ncc(C=O)c(C(F)F)c1C#N. The second-order valence-corrected chi connectivity index (χ2v) is 2.62. The Kier molecular flexibility index (Phi) is 2.87. The molecule has 0 atom stereocenters. The van der Waals surface area contributed by atoms with E-state index in [9.17, 15) is 13.6 Å². The van der Waals surface area contributed by atoms with Gasteiger partial charge in [0.1, 0.15) is 6.07 Å². The molecule has 0 N–H and O–H groups in total. The van der Waals surface area contributed by atoms with E-state index in [1.807, 2.05) is 0 Å². The monoisotopic (exact) mass is 196 g/mol. The molecule has 0 aliphatic carbocycles. The minimum absolute atomic E-state index is 0.202. The average molecular weight is 196 g/mol. The average Bonchev–Trinajstić information content (AvgIpc) is 2.17. The van der Waals surface area contributed by atoms with Crippen molar-refractivity contribution in [1.82, 2.24) is 4.98 Å². The number of pyridine rings is 1. The quantitative estimate of drug-likeness (QED) is 0.680. The molecule has 0 unspecified atom stereocenters. The third kappa shape index (κ3) is 1.59. The predicted octanol–water partition coefficient (Wildman–Crippen LogP) is 2.01. The maximum absolute atomic E-state index is 12.5. The highest BCUT2D eigenvalue weighted by Crippen LogP contribution is 2.26. The van der Waals surface area contributed by atoms with Gasteiger partial charge >= 0.3 is 0 Å². The molecular weight excluding hydrogens is 190 g/mol. The maximum Gasteiger partial charge on any atom is 0.265 e. The lowest BCUT2D eigenvalue weighted by molar-refractivity contribution is 0.110. The molecule has 0 fully saturated rings. The highest BCUT2D eigenvalue weighted by molar-refractivity contribution is 5.78. The van der Waals surface area contributed by atoms with E-state index in [0.29, 0.717) is 0 Å². The topological polar surface area (TPSA) is 53.8 Å². The summed E-state index contributed by atoms with van der Waals surface area (Å²) in [5, 5.41) is 8.63. The van der Waals surface area contributed by atoms with Gasteiger partial charge in [0.15, 0.2) is 6.29 Å². The normalized spacial score (nSPS) is 9.93. The largest absolute Gasteiger partial charge is 0.298 e. The van der Waals surface area contributed by atoms with Gasteiger partial charge in [-0.3, -0.25) is 9.78 Å². The minimum atomic E-state index is -2.84. The van der Waals surface area contributed by atoms with Crippen molar-refractivity contribution in [2.75, 3.05) is 0 Å². The summed E-state index contributed by atoms with van der Waals surface area (Å²) in [6.07, 6.45) is -1.52. The van der Waals surface area contributed by atoms with Crippen LogP contribution >= 0.6 is 0 Å². The summed E-state index contributed by atoms with van der Waals surface area (Å²) in [7, 11) is 0. The van der Waals surface area contributed by atoms with Gasteiger partial charge < -0.3 is 0 Å². The summed E-state index contributed by atoms with van der Waals surface area (Å²) in [5.74, 6) is 0. The number of aryl methyl sites for hydroxylation is 1. The molecule has 1 heterocycles. The number of hydrogen-bond donors (Lipinski definition) is 0. The number of aromatic nitrogens is 1. The number of nitriles is 1. The van der Waals surface area contributed by atoms with Crippen LogP contribution in [0.2, 0.25) is 0 Å². The van der Waals surface area contributed by atoms with Crippen LogP contribution in [0.5, 0.6) is 0 Å². The van der Waals surface area contributed by atoms with E-state index in [4.69, 9.17) is 5.26 Å². The van der Waals surface area contributed by atoms with Gasteiger partial charge in [-0.1, -0.05) is 0 Å². The standard InChI is InChI=1S/C9H6F2N2O/c1-5-7(2-12)8(9(10)11)6(4-14)3-13-5/h3-4,9H,1H3. The third-order valence-corrected chi connectivity index (χ3v) is 1.80. The van der Waals surface area contributed by atoms with Gasteiger partial charge in [0.25, 0.3) is 6.43 Å². The molecule has 1 aromatic heterocycles. The molecule has 1 aromatic rings. The number of hydrogen-bond acceptors (Lipinski definition) is 3. The van der Waals surface area contributed by atoms with Crippen molar-refractivity contribution >= 4 is 6.29 Å². The lowest BCUT2D eigenvalue weighted by Gasteiger charge is -2.06. The van der Waals surface area contributed by atoms with E-state index >= 15 is 0 Å². The van der Waals surface area contributed by atoms with Crippen LogP contribution in [0, 0.1) is 18.3 Å². The van der Waals surface area contributed by atoms with E-state index in [1.165, 1.54) is 6.92 Å². The predicted molar refractivity (Wildman–Crippen MR) is 44.0 cm³/mol. The Labute approximate surface area is 79.0 Å². The zero-order chi connectivity index (χ0) is 10.7. The fourth-order valence-electron chi connectivity index (χ4n) is 1.11. The Balaban J connectivity index is 3.54. The van der Waals surface area contributed by atoms with Crippen LogP contribution in [0.1, 0.15) is 33.6 Å². The van der Waals surface area contributed by atoms with Crippen LogP contribution in [0.4, 0.5) is 8.78 Å². The van der Waals surface area contributed by atoms with E-state index in [-0.39, 0.29) is 23.1 Å².